The summed E-state index contributed by atoms with van der Waals surface area (Å²) >= 11 is 6.57. The van der Waals surface area contributed by atoms with E-state index >= 15 is 0 Å². The summed E-state index contributed by atoms with van der Waals surface area (Å²) in [6, 6.07) is 11.9. The van der Waals surface area contributed by atoms with Gasteiger partial charge in [-0.3, -0.25) is 4.72 Å². The van der Waals surface area contributed by atoms with E-state index in [4.69, 9.17) is 5.73 Å². The van der Waals surface area contributed by atoms with Crippen molar-refractivity contribution in [2.45, 2.75) is 11.4 Å². The van der Waals surface area contributed by atoms with Gasteiger partial charge in [0, 0.05) is 21.2 Å². The number of anilines is 1. The van der Waals surface area contributed by atoms with Crippen LogP contribution in [-0.2, 0) is 16.6 Å². The second-order valence-electron chi connectivity index (χ2n) is 4.08. The van der Waals surface area contributed by atoms with E-state index in [1.165, 1.54) is 6.07 Å². The van der Waals surface area contributed by atoms with Gasteiger partial charge >= 0.3 is 0 Å². The lowest BCUT2D eigenvalue weighted by Crippen LogP contribution is -2.14. The number of nitrogens with two attached hydrogens (primary N) is 1. The van der Waals surface area contributed by atoms with Crippen LogP contribution in [0, 0.1) is 0 Å². The van der Waals surface area contributed by atoms with E-state index in [0.29, 0.717) is 16.7 Å². The van der Waals surface area contributed by atoms with Crippen molar-refractivity contribution in [1.82, 2.24) is 0 Å². The molecule has 0 aliphatic rings. The summed E-state index contributed by atoms with van der Waals surface area (Å²) in [6.07, 6.45) is 0. The number of benzene rings is 2. The molecule has 0 spiro atoms. The van der Waals surface area contributed by atoms with Crippen LogP contribution in [0.1, 0.15) is 5.56 Å². The Morgan fingerprint density at radius 3 is 2.45 bits per heavy atom. The van der Waals surface area contributed by atoms with Gasteiger partial charge in [-0.05, 0) is 51.8 Å². The number of halogens is 2. The molecule has 2 rings (SSSR count). The first-order valence-corrected chi connectivity index (χ1v) is 8.76. The Morgan fingerprint density at radius 1 is 1.10 bits per heavy atom. The fourth-order valence-electron chi connectivity index (χ4n) is 1.65. The third kappa shape index (κ3) is 3.60. The van der Waals surface area contributed by atoms with Crippen LogP contribution in [0.4, 0.5) is 5.69 Å². The van der Waals surface area contributed by atoms with Gasteiger partial charge in [-0.25, -0.2) is 8.42 Å². The molecule has 0 aromatic heterocycles. The first-order valence-electron chi connectivity index (χ1n) is 5.69. The van der Waals surface area contributed by atoms with E-state index in [-0.39, 0.29) is 4.90 Å². The van der Waals surface area contributed by atoms with E-state index in [9.17, 15) is 8.42 Å². The summed E-state index contributed by atoms with van der Waals surface area (Å²) in [4.78, 5) is 0.176. The normalized spacial score (nSPS) is 11.3. The zero-order valence-corrected chi connectivity index (χ0v) is 14.3. The number of sulfonamides is 1. The summed E-state index contributed by atoms with van der Waals surface area (Å²) < 4.78 is 28.5. The van der Waals surface area contributed by atoms with Gasteiger partial charge in [0.2, 0.25) is 0 Å². The highest BCUT2D eigenvalue weighted by Gasteiger charge is 2.18. The summed E-state index contributed by atoms with van der Waals surface area (Å²) in [5, 5.41) is 0. The standard InChI is InChI=1S/C13H12Br2N2O2S/c14-10-2-1-3-11(7-10)17-20(18,19)13-5-4-9(8-16)6-12(13)15/h1-7,17H,8,16H2. The molecular formula is C13H12Br2N2O2S. The topological polar surface area (TPSA) is 72.2 Å². The summed E-state index contributed by atoms with van der Waals surface area (Å²) in [5.41, 5.74) is 6.88. The molecule has 0 atom stereocenters. The lowest BCUT2D eigenvalue weighted by atomic mass is 10.2. The fourth-order valence-corrected chi connectivity index (χ4v) is 4.23. The molecule has 0 radical (unpaired) electrons. The number of nitrogens with one attached hydrogen (secondary N) is 1. The smallest absolute Gasteiger partial charge is 0.263 e. The van der Waals surface area contributed by atoms with Gasteiger partial charge in [-0.1, -0.05) is 28.1 Å². The minimum absolute atomic E-state index is 0.176. The summed E-state index contributed by atoms with van der Waals surface area (Å²) in [6.45, 7) is 0.359. The average Bonchev–Trinajstić information content (AvgIpc) is 2.37. The molecule has 2 aromatic rings. The van der Waals surface area contributed by atoms with Crippen LogP contribution in [0.25, 0.3) is 0 Å². The Hall–Kier alpha value is -0.890. The Kier molecular flexibility index (Phi) is 4.85. The van der Waals surface area contributed by atoms with Crippen molar-refractivity contribution in [3.63, 3.8) is 0 Å². The lowest BCUT2D eigenvalue weighted by molar-refractivity contribution is 0.600. The van der Waals surface area contributed by atoms with Gasteiger partial charge in [0.05, 0.1) is 0 Å². The molecule has 4 nitrogen and oxygen atoms in total. The molecule has 0 amide bonds. The van der Waals surface area contributed by atoms with E-state index < -0.39 is 10.0 Å². The molecule has 7 heteroatoms. The highest BCUT2D eigenvalue weighted by Crippen LogP contribution is 2.26. The zero-order valence-electron chi connectivity index (χ0n) is 10.3. The number of hydrogen-bond donors (Lipinski definition) is 2. The first-order chi connectivity index (χ1) is 9.42. The third-order valence-corrected chi connectivity index (χ3v) is 5.45. The maximum absolute atomic E-state index is 12.3. The number of rotatable bonds is 4. The summed E-state index contributed by atoms with van der Waals surface area (Å²) in [5.74, 6) is 0. The second kappa shape index (κ2) is 6.26. The van der Waals surface area contributed by atoms with Gasteiger partial charge in [-0.15, -0.1) is 0 Å². The molecule has 0 bridgehead atoms. The molecule has 106 valence electrons. The van der Waals surface area contributed by atoms with Gasteiger partial charge < -0.3 is 5.73 Å². The van der Waals surface area contributed by atoms with Crippen LogP contribution in [0.2, 0.25) is 0 Å². The van der Waals surface area contributed by atoms with Crippen LogP contribution < -0.4 is 10.5 Å². The monoisotopic (exact) mass is 418 g/mol. The minimum atomic E-state index is -3.64. The largest absolute Gasteiger partial charge is 0.326 e. The molecule has 2 aromatic carbocycles. The predicted octanol–water partition coefficient (Wildman–Crippen LogP) is 3.47. The van der Waals surface area contributed by atoms with Crippen LogP contribution in [-0.4, -0.2) is 8.42 Å². The van der Waals surface area contributed by atoms with Crippen molar-refractivity contribution < 1.29 is 8.42 Å². The van der Waals surface area contributed by atoms with E-state index in [2.05, 4.69) is 36.6 Å². The van der Waals surface area contributed by atoms with Crippen molar-refractivity contribution in [1.29, 1.82) is 0 Å². The van der Waals surface area contributed by atoms with E-state index in [1.54, 1.807) is 30.3 Å². The van der Waals surface area contributed by atoms with Crippen LogP contribution in [0.5, 0.6) is 0 Å². The molecule has 0 aliphatic carbocycles. The highest BCUT2D eigenvalue weighted by molar-refractivity contribution is 9.10. The number of hydrogen-bond acceptors (Lipinski definition) is 3. The highest BCUT2D eigenvalue weighted by atomic mass is 79.9. The quantitative estimate of drug-likeness (QED) is 0.796. The molecule has 0 saturated heterocycles. The van der Waals surface area contributed by atoms with Gasteiger partial charge in [0.15, 0.2) is 0 Å². The molecule has 0 heterocycles. The van der Waals surface area contributed by atoms with Gasteiger partial charge in [0.1, 0.15) is 4.90 Å². The van der Waals surface area contributed by atoms with E-state index in [0.717, 1.165) is 10.0 Å². The maximum atomic E-state index is 12.3. The van der Waals surface area contributed by atoms with E-state index in [1.807, 2.05) is 6.07 Å². The van der Waals surface area contributed by atoms with Crippen LogP contribution in [0.3, 0.4) is 0 Å². The fraction of sp³-hybridized carbons (Fsp3) is 0.0769. The van der Waals surface area contributed by atoms with Gasteiger partial charge in [0.25, 0.3) is 10.0 Å². The third-order valence-electron chi connectivity index (χ3n) is 2.60. The summed E-state index contributed by atoms with van der Waals surface area (Å²) in [7, 11) is -3.64. The first kappa shape index (κ1) is 15.5. The molecular weight excluding hydrogens is 408 g/mol. The average molecular weight is 420 g/mol. The molecule has 0 unspecified atom stereocenters. The van der Waals surface area contributed by atoms with Crippen molar-refractivity contribution in [3.05, 3.63) is 57.0 Å². The maximum Gasteiger partial charge on any atom is 0.263 e. The van der Waals surface area contributed by atoms with Crippen molar-refractivity contribution in [3.8, 4) is 0 Å². The zero-order chi connectivity index (χ0) is 14.8. The lowest BCUT2D eigenvalue weighted by Gasteiger charge is -2.10. The van der Waals surface area contributed by atoms with Crippen molar-refractivity contribution in [2.24, 2.45) is 5.73 Å². The second-order valence-corrected chi connectivity index (χ2v) is 7.51. The Balaban J connectivity index is 2.36. The minimum Gasteiger partial charge on any atom is -0.326 e. The Bertz CT molecular complexity index is 733. The Morgan fingerprint density at radius 2 is 1.85 bits per heavy atom. The molecule has 20 heavy (non-hydrogen) atoms. The van der Waals surface area contributed by atoms with Gasteiger partial charge in [-0.2, -0.15) is 0 Å². The predicted molar refractivity (Wildman–Crippen MR) is 87.0 cm³/mol. The molecule has 0 saturated carbocycles. The van der Waals surface area contributed by atoms with Crippen LogP contribution >= 0.6 is 31.9 Å². The molecule has 0 aliphatic heterocycles. The van der Waals surface area contributed by atoms with Crippen molar-refractivity contribution in [2.75, 3.05) is 4.72 Å². The van der Waals surface area contributed by atoms with Crippen molar-refractivity contribution >= 4 is 47.6 Å². The van der Waals surface area contributed by atoms with Crippen LogP contribution in [0.15, 0.2) is 56.3 Å². The Labute approximate surface area is 134 Å². The SMILES string of the molecule is NCc1ccc(S(=O)(=O)Nc2cccc(Br)c2)c(Br)c1. The molecule has 3 N–H and O–H groups in total. The molecule has 0 fully saturated rings.